The Kier molecular flexibility index (Phi) is 23.9. The highest BCUT2D eigenvalue weighted by Gasteiger charge is 2.53. The molecule has 0 radical (unpaired) electrons. The van der Waals surface area contributed by atoms with Crippen LogP contribution in [0.2, 0.25) is 0 Å². The highest BCUT2D eigenvalue weighted by Crippen LogP contribution is 2.40. The summed E-state index contributed by atoms with van der Waals surface area (Å²) in [6, 6.07) is -1.15. The molecule has 5 fully saturated rings. The number of carbonyl (C=O) groups is 5. The zero-order valence-electron chi connectivity index (χ0n) is 48.0. The number of likely N-dealkylation sites (tertiary alicyclic amines) is 1. The molecule has 1 aliphatic carbocycles. The highest BCUT2D eigenvalue weighted by atomic mass is 16.6. The predicted octanol–water partition coefficient (Wildman–Crippen LogP) is 6.55. The molecule has 2 bridgehead atoms. The summed E-state index contributed by atoms with van der Waals surface area (Å²) in [5.74, 6) is -7.92. The zero-order valence-corrected chi connectivity index (χ0v) is 48.0. The zero-order chi connectivity index (χ0) is 56.0. The third-order valence-corrected chi connectivity index (χ3v) is 17.4. The van der Waals surface area contributed by atoms with Crippen molar-refractivity contribution in [2.75, 3.05) is 80.5 Å². The lowest BCUT2D eigenvalue weighted by atomic mass is 9.78. The first kappa shape index (κ1) is 62.7. The van der Waals surface area contributed by atoms with Crippen LogP contribution in [0, 0.1) is 40.9 Å². The molecule has 0 aromatic carbocycles. The van der Waals surface area contributed by atoms with Crippen molar-refractivity contribution in [3.05, 3.63) is 47.6 Å². The molecule has 6 rings (SSSR count). The van der Waals surface area contributed by atoms with E-state index in [0.717, 1.165) is 57.7 Å². The van der Waals surface area contributed by atoms with Crippen molar-refractivity contribution in [1.82, 2.24) is 9.80 Å². The van der Waals surface area contributed by atoms with Crippen LogP contribution >= 0.6 is 0 Å². The van der Waals surface area contributed by atoms with Crippen molar-refractivity contribution in [3.63, 3.8) is 0 Å². The Labute approximate surface area is 458 Å². The summed E-state index contributed by atoms with van der Waals surface area (Å²) in [5, 5.41) is 23.7. The number of carbonyl (C=O) groups excluding carboxylic acids is 5. The number of amides is 1. The van der Waals surface area contributed by atoms with E-state index in [1.807, 2.05) is 58.1 Å². The number of fused-ring (bicyclic) bond motifs is 3. The predicted molar refractivity (Wildman–Crippen MR) is 289 cm³/mol. The molecule has 1 saturated carbocycles. The SMILES string of the molecule is COCCO[C@H]1C[C@@H]2CC[C@@H](C)[C@@](O)(O2)C(=O)C(=O)N2CCCC[C@H]2C(=O)O[C@H]([C@H](C)C[C@@H]2CC[C@@H](OCCN3CC4(COC4)C3)[C@H](OC)C2)CC(=O)[C@H](C)C=C(C)[C@@H](O)[C@@H](OC)C(=O)[C@H](C)C[C@H](C)C=CC=CC=C1C. The molecule has 17 heteroatoms. The van der Waals surface area contributed by atoms with Gasteiger partial charge in [-0.3, -0.25) is 24.1 Å². The monoisotopic (exact) mass is 1080 g/mol. The number of rotatable bonds is 13. The smallest absolute Gasteiger partial charge is 0.329 e. The Morgan fingerprint density at radius 2 is 1.57 bits per heavy atom. The molecule has 0 aromatic rings. The number of aliphatic hydroxyl groups excluding tert-OH is 1. The summed E-state index contributed by atoms with van der Waals surface area (Å²) in [6.07, 6.45) is 12.4. The van der Waals surface area contributed by atoms with Crippen LogP contribution in [0.1, 0.15) is 126 Å². The molecule has 6 aliphatic rings. The second kappa shape index (κ2) is 29.3. The maximum Gasteiger partial charge on any atom is 0.329 e. The number of piperidine rings is 1. The van der Waals surface area contributed by atoms with Gasteiger partial charge < -0.3 is 53.0 Å². The van der Waals surface area contributed by atoms with Crippen molar-refractivity contribution in [1.29, 1.82) is 0 Å². The largest absolute Gasteiger partial charge is 0.460 e. The van der Waals surface area contributed by atoms with Crippen LogP contribution < -0.4 is 0 Å². The van der Waals surface area contributed by atoms with E-state index in [1.165, 1.54) is 12.0 Å². The number of ether oxygens (including phenoxy) is 8. The summed E-state index contributed by atoms with van der Waals surface area (Å²) in [5.41, 5.74) is 1.60. The molecule has 1 spiro atoms. The first-order chi connectivity index (χ1) is 36.7. The third kappa shape index (κ3) is 16.6. The number of esters is 1. The summed E-state index contributed by atoms with van der Waals surface area (Å²) >= 11 is 0. The first-order valence-corrected chi connectivity index (χ1v) is 28.7. The average Bonchev–Trinajstić information content (AvgIpc) is 3.40. The Morgan fingerprint density at radius 1 is 0.818 bits per heavy atom. The van der Waals surface area contributed by atoms with Gasteiger partial charge in [0, 0.05) is 83.5 Å². The molecule has 5 heterocycles. The van der Waals surface area contributed by atoms with E-state index < -0.39 is 77.8 Å². The van der Waals surface area contributed by atoms with Crippen LogP contribution in [-0.2, 0) is 61.9 Å². The number of allylic oxidation sites excluding steroid dienone is 6. The fourth-order valence-corrected chi connectivity index (χ4v) is 12.4. The summed E-state index contributed by atoms with van der Waals surface area (Å²) in [6.45, 7) is 18.8. The number of hydrogen-bond acceptors (Lipinski definition) is 16. The van der Waals surface area contributed by atoms with Gasteiger partial charge in [-0.25, -0.2) is 4.79 Å². The lowest BCUT2D eigenvalue weighted by Crippen LogP contribution is -2.66. The highest BCUT2D eigenvalue weighted by molar-refractivity contribution is 6.39. The number of cyclic esters (lactones) is 1. The van der Waals surface area contributed by atoms with Crippen LogP contribution in [0.3, 0.4) is 0 Å². The van der Waals surface area contributed by atoms with Gasteiger partial charge in [0.25, 0.3) is 11.7 Å². The van der Waals surface area contributed by atoms with E-state index in [-0.39, 0.29) is 73.9 Å². The van der Waals surface area contributed by atoms with Gasteiger partial charge >= 0.3 is 5.97 Å². The van der Waals surface area contributed by atoms with Gasteiger partial charge in [0.05, 0.1) is 57.5 Å². The van der Waals surface area contributed by atoms with Crippen LogP contribution in [-0.4, -0.2) is 184 Å². The number of aliphatic hydroxyl groups is 2. The van der Waals surface area contributed by atoms with E-state index in [1.54, 1.807) is 41.1 Å². The van der Waals surface area contributed by atoms with E-state index in [4.69, 9.17) is 37.9 Å². The molecule has 0 aromatic heterocycles. The molecule has 15 atom stereocenters. The topological polar surface area (TPSA) is 206 Å². The maximum atomic E-state index is 14.7. The van der Waals surface area contributed by atoms with E-state index in [0.29, 0.717) is 62.7 Å². The first-order valence-electron chi connectivity index (χ1n) is 28.7. The van der Waals surface area contributed by atoms with Crippen molar-refractivity contribution < 1.29 is 72.1 Å². The lowest BCUT2D eigenvalue weighted by Gasteiger charge is -2.55. The van der Waals surface area contributed by atoms with E-state index in [2.05, 4.69) is 4.90 Å². The number of Topliss-reactive ketones (excluding diaryl/α,β-unsaturated/α-hetero) is 3. The van der Waals surface area contributed by atoms with Crippen molar-refractivity contribution in [2.45, 2.75) is 180 Å². The van der Waals surface area contributed by atoms with E-state index >= 15 is 0 Å². The second-order valence-electron chi connectivity index (χ2n) is 23.8. The number of ketones is 3. The Balaban J connectivity index is 1.24. The Hall–Kier alpha value is -3.49. The quantitative estimate of drug-likeness (QED) is 0.0868. The minimum absolute atomic E-state index is 0.00447. The molecule has 5 aliphatic heterocycles. The van der Waals surface area contributed by atoms with E-state index in [9.17, 15) is 34.2 Å². The average molecular weight is 1080 g/mol. The summed E-state index contributed by atoms with van der Waals surface area (Å²) in [7, 11) is 4.68. The molecular formula is C60H94N2O15. The molecule has 17 nitrogen and oxygen atoms in total. The number of methoxy groups -OCH3 is 3. The molecule has 0 unspecified atom stereocenters. The van der Waals surface area contributed by atoms with Gasteiger partial charge in [0.2, 0.25) is 5.79 Å². The number of nitrogens with zero attached hydrogens (tertiary/aromatic N) is 2. The minimum Gasteiger partial charge on any atom is -0.460 e. The molecule has 1 amide bonds. The molecule has 4 saturated heterocycles. The Morgan fingerprint density at radius 3 is 2.26 bits per heavy atom. The van der Waals surface area contributed by atoms with Crippen LogP contribution in [0.5, 0.6) is 0 Å². The van der Waals surface area contributed by atoms with Crippen LogP contribution in [0.4, 0.5) is 0 Å². The van der Waals surface area contributed by atoms with Gasteiger partial charge in [0.15, 0.2) is 5.78 Å². The van der Waals surface area contributed by atoms with Crippen LogP contribution in [0.25, 0.3) is 0 Å². The fraction of sp³-hybridized carbons (Fsp3) is 0.783. The van der Waals surface area contributed by atoms with Gasteiger partial charge in [-0.15, -0.1) is 0 Å². The standard InChI is InChI=1S/C60H94N2O15/c1-38-16-12-11-13-17-39(2)50(75-27-26-70-8)32-46-21-19-44(7)60(69,77-46)56(66)57(67)62-23-15-14-18-47(62)58(68)76-51(33-48(63)40(3)29-43(6)54(65)55(72-10)53(64)42(5)28-38)41(4)30-45-20-22-49(52(31-45)71-9)74-25-24-61-34-59(35-61)36-73-37-59/h11-13,16-17,29,38,40-42,44-47,49-52,54-55,65,69H,14-15,18-28,30-37H2,1-10H3/t38-,40-,41-,42-,44-,45+,46+,47+,49-,50+,51+,52-,54-,55+,60-/m1/s1. The van der Waals surface area contributed by atoms with Gasteiger partial charge in [-0.2, -0.15) is 0 Å². The lowest BCUT2D eigenvalue weighted by molar-refractivity contribution is -0.266. The summed E-state index contributed by atoms with van der Waals surface area (Å²) in [4.78, 5) is 75.5. The molecule has 2 N–H and O–H groups in total. The molecular weight excluding hydrogens is 989 g/mol. The second-order valence-corrected chi connectivity index (χ2v) is 23.8. The van der Waals surface area contributed by atoms with Crippen molar-refractivity contribution in [2.24, 2.45) is 40.9 Å². The summed E-state index contributed by atoms with van der Waals surface area (Å²) < 4.78 is 47.7. The van der Waals surface area contributed by atoms with Crippen LogP contribution in [0.15, 0.2) is 47.6 Å². The Bertz CT molecular complexity index is 2100. The maximum absolute atomic E-state index is 14.7. The number of hydrogen-bond donors (Lipinski definition) is 2. The third-order valence-electron chi connectivity index (χ3n) is 17.4. The minimum atomic E-state index is -2.46. The van der Waals surface area contributed by atoms with Gasteiger partial charge in [0.1, 0.15) is 30.1 Å². The normalized spacial score (nSPS) is 36.3. The fourth-order valence-electron chi connectivity index (χ4n) is 12.4. The van der Waals surface area contributed by atoms with Gasteiger partial charge in [-0.1, -0.05) is 71.1 Å². The molecule has 434 valence electrons. The van der Waals surface area contributed by atoms with Gasteiger partial charge in [-0.05, 0) is 107 Å². The van der Waals surface area contributed by atoms with Crippen molar-refractivity contribution >= 4 is 29.2 Å². The molecule has 77 heavy (non-hydrogen) atoms. The van der Waals surface area contributed by atoms with Crippen molar-refractivity contribution in [3.8, 4) is 0 Å².